The van der Waals surface area contributed by atoms with Gasteiger partial charge in [-0.15, -0.1) is 0 Å². The van der Waals surface area contributed by atoms with Gasteiger partial charge in [0.2, 0.25) is 0 Å². The van der Waals surface area contributed by atoms with E-state index in [4.69, 9.17) is 14.2 Å². The molecular formula is C16H26O7. The van der Waals surface area contributed by atoms with Gasteiger partial charge in [-0.1, -0.05) is 25.5 Å². The summed E-state index contributed by atoms with van der Waals surface area (Å²) in [6.07, 6.45) is -3.85. The van der Waals surface area contributed by atoms with E-state index in [1.807, 2.05) is 13.0 Å². The summed E-state index contributed by atoms with van der Waals surface area (Å²) in [5, 5.41) is 39.1. The molecule has 3 aliphatic rings. The Morgan fingerprint density at radius 2 is 1.96 bits per heavy atom. The zero-order chi connectivity index (χ0) is 16.9. The molecule has 8 atom stereocenters. The molecule has 0 aromatic heterocycles. The quantitative estimate of drug-likeness (QED) is 0.399. The molecule has 2 aliphatic heterocycles. The SMILES string of the molecule is CC1=C[C@@H](O[C@@H]2O[C@H](CO)[C@@H](O)[C@H](O)[C@H]2O)[C@]2(C(C)C)O[C@@H]2C1. The minimum atomic E-state index is -1.44. The van der Waals surface area contributed by atoms with Crippen LogP contribution in [0.4, 0.5) is 0 Å². The first-order valence-corrected chi connectivity index (χ1v) is 8.12. The van der Waals surface area contributed by atoms with Crippen LogP contribution in [0.25, 0.3) is 0 Å². The summed E-state index contributed by atoms with van der Waals surface area (Å²) >= 11 is 0. The van der Waals surface area contributed by atoms with Crippen molar-refractivity contribution in [1.29, 1.82) is 0 Å². The number of epoxide rings is 1. The second-order valence-corrected chi connectivity index (χ2v) is 7.09. The van der Waals surface area contributed by atoms with Gasteiger partial charge in [0.1, 0.15) is 36.1 Å². The van der Waals surface area contributed by atoms with Crippen molar-refractivity contribution in [2.75, 3.05) is 6.61 Å². The molecular weight excluding hydrogens is 304 g/mol. The van der Waals surface area contributed by atoms with E-state index >= 15 is 0 Å². The molecule has 0 aromatic carbocycles. The summed E-state index contributed by atoms with van der Waals surface area (Å²) in [6, 6.07) is 0. The molecule has 3 rings (SSSR count). The Hall–Kier alpha value is -0.540. The Kier molecular flexibility index (Phi) is 4.57. The van der Waals surface area contributed by atoms with Gasteiger partial charge >= 0.3 is 0 Å². The summed E-state index contributed by atoms with van der Waals surface area (Å²) in [7, 11) is 0. The molecule has 0 radical (unpaired) electrons. The summed E-state index contributed by atoms with van der Waals surface area (Å²) < 4.78 is 17.3. The molecule has 0 saturated carbocycles. The van der Waals surface area contributed by atoms with Gasteiger partial charge < -0.3 is 34.6 Å². The number of aliphatic hydroxyl groups is 4. The molecule has 0 unspecified atom stereocenters. The molecule has 1 aliphatic carbocycles. The van der Waals surface area contributed by atoms with Crippen molar-refractivity contribution in [2.45, 2.75) is 75.7 Å². The molecule has 2 saturated heterocycles. The Labute approximate surface area is 135 Å². The largest absolute Gasteiger partial charge is 0.394 e. The van der Waals surface area contributed by atoms with Crippen molar-refractivity contribution in [3.63, 3.8) is 0 Å². The minimum absolute atomic E-state index is 0.0855. The van der Waals surface area contributed by atoms with E-state index < -0.39 is 49.0 Å². The van der Waals surface area contributed by atoms with Crippen LogP contribution in [0.15, 0.2) is 11.6 Å². The standard InChI is InChI=1S/C16H26O7/c1-7(2)16-10(4-8(3)5-11(16)23-16)22-15-14(20)13(19)12(18)9(6-17)21-15/h4,7,9-15,17-20H,5-6H2,1-3H3/t9-,10-,11-,12-,13+,14-,15+,16+/m1/s1. The number of hydrogen-bond acceptors (Lipinski definition) is 7. The Morgan fingerprint density at radius 3 is 2.57 bits per heavy atom. The zero-order valence-electron chi connectivity index (χ0n) is 13.6. The van der Waals surface area contributed by atoms with Crippen LogP contribution in [-0.2, 0) is 14.2 Å². The average Bonchev–Trinajstić information content (AvgIpc) is 3.23. The molecule has 23 heavy (non-hydrogen) atoms. The van der Waals surface area contributed by atoms with Crippen LogP contribution < -0.4 is 0 Å². The van der Waals surface area contributed by atoms with Crippen molar-refractivity contribution < 1.29 is 34.6 Å². The predicted molar refractivity (Wildman–Crippen MR) is 79.5 cm³/mol. The highest BCUT2D eigenvalue weighted by Crippen LogP contribution is 2.53. The van der Waals surface area contributed by atoms with Crippen LogP contribution in [0.5, 0.6) is 0 Å². The van der Waals surface area contributed by atoms with E-state index in [0.717, 1.165) is 12.0 Å². The van der Waals surface area contributed by atoms with Crippen molar-refractivity contribution in [2.24, 2.45) is 5.92 Å². The van der Waals surface area contributed by atoms with E-state index in [1.54, 1.807) is 0 Å². The highest BCUT2D eigenvalue weighted by molar-refractivity contribution is 5.26. The fourth-order valence-electron chi connectivity index (χ4n) is 3.72. The van der Waals surface area contributed by atoms with Gasteiger partial charge in [0.05, 0.1) is 12.7 Å². The molecule has 7 nitrogen and oxygen atoms in total. The smallest absolute Gasteiger partial charge is 0.187 e. The van der Waals surface area contributed by atoms with E-state index in [9.17, 15) is 20.4 Å². The highest BCUT2D eigenvalue weighted by Gasteiger charge is 2.65. The normalized spacial score (nSPS) is 49.7. The van der Waals surface area contributed by atoms with E-state index in [2.05, 4.69) is 13.8 Å². The van der Waals surface area contributed by atoms with E-state index in [1.165, 1.54) is 0 Å². The maximum Gasteiger partial charge on any atom is 0.187 e. The molecule has 2 heterocycles. The lowest BCUT2D eigenvalue weighted by Gasteiger charge is -2.42. The third kappa shape index (κ3) is 2.74. The summed E-state index contributed by atoms with van der Waals surface area (Å²) in [4.78, 5) is 0. The van der Waals surface area contributed by atoms with Crippen LogP contribution in [0.1, 0.15) is 27.2 Å². The number of hydrogen-bond donors (Lipinski definition) is 4. The van der Waals surface area contributed by atoms with Crippen LogP contribution in [0.3, 0.4) is 0 Å². The first kappa shape index (κ1) is 17.3. The highest BCUT2D eigenvalue weighted by atomic mass is 16.7. The fourth-order valence-corrected chi connectivity index (χ4v) is 3.72. The summed E-state index contributed by atoms with van der Waals surface area (Å²) in [6.45, 7) is 5.63. The van der Waals surface area contributed by atoms with Crippen molar-refractivity contribution in [3.05, 3.63) is 11.6 Å². The molecule has 0 spiro atoms. The minimum Gasteiger partial charge on any atom is -0.394 e. The van der Waals surface area contributed by atoms with Gasteiger partial charge in [-0.3, -0.25) is 0 Å². The van der Waals surface area contributed by atoms with Crippen LogP contribution in [0.2, 0.25) is 0 Å². The second kappa shape index (κ2) is 6.07. The number of rotatable bonds is 4. The third-order valence-corrected chi connectivity index (χ3v) is 5.21. The van der Waals surface area contributed by atoms with E-state index in [-0.39, 0.29) is 12.0 Å². The molecule has 4 N–H and O–H groups in total. The van der Waals surface area contributed by atoms with Gasteiger partial charge in [-0.05, 0) is 19.3 Å². The Balaban J connectivity index is 1.78. The number of fused-ring (bicyclic) bond motifs is 1. The van der Waals surface area contributed by atoms with Gasteiger partial charge in [0.15, 0.2) is 6.29 Å². The van der Waals surface area contributed by atoms with Crippen molar-refractivity contribution in [1.82, 2.24) is 0 Å². The van der Waals surface area contributed by atoms with Crippen LogP contribution >= 0.6 is 0 Å². The molecule has 7 heteroatoms. The maximum absolute atomic E-state index is 10.1. The lowest BCUT2D eigenvalue weighted by molar-refractivity contribution is -0.312. The summed E-state index contributed by atoms with van der Waals surface area (Å²) in [5.74, 6) is 0.215. The lowest BCUT2D eigenvalue weighted by atomic mass is 9.80. The fraction of sp³-hybridized carbons (Fsp3) is 0.875. The molecule has 2 fully saturated rings. The number of aliphatic hydroxyl groups excluding tert-OH is 4. The van der Waals surface area contributed by atoms with Crippen LogP contribution in [0, 0.1) is 5.92 Å². The second-order valence-electron chi connectivity index (χ2n) is 7.09. The van der Waals surface area contributed by atoms with Gasteiger partial charge in [-0.25, -0.2) is 0 Å². The maximum atomic E-state index is 10.1. The number of ether oxygens (including phenoxy) is 3. The van der Waals surface area contributed by atoms with Crippen molar-refractivity contribution in [3.8, 4) is 0 Å². The average molecular weight is 330 g/mol. The molecule has 0 bridgehead atoms. The van der Waals surface area contributed by atoms with Gasteiger partial charge in [0.25, 0.3) is 0 Å². The topological polar surface area (TPSA) is 112 Å². The Bertz CT molecular complexity index is 477. The van der Waals surface area contributed by atoms with Gasteiger partial charge in [-0.2, -0.15) is 0 Å². The van der Waals surface area contributed by atoms with Crippen molar-refractivity contribution >= 4 is 0 Å². The van der Waals surface area contributed by atoms with Gasteiger partial charge in [0, 0.05) is 0 Å². The zero-order valence-corrected chi connectivity index (χ0v) is 13.6. The third-order valence-electron chi connectivity index (χ3n) is 5.21. The first-order valence-electron chi connectivity index (χ1n) is 8.12. The molecule has 0 aromatic rings. The monoisotopic (exact) mass is 330 g/mol. The molecule has 132 valence electrons. The Morgan fingerprint density at radius 1 is 1.26 bits per heavy atom. The predicted octanol–water partition coefficient (Wildman–Crippen LogP) is -0.685. The van der Waals surface area contributed by atoms with E-state index in [0.29, 0.717) is 0 Å². The molecule has 0 amide bonds. The first-order chi connectivity index (χ1) is 10.8. The van der Waals surface area contributed by atoms with Crippen LogP contribution in [-0.4, -0.2) is 75.5 Å². The summed E-state index contributed by atoms with van der Waals surface area (Å²) in [5.41, 5.74) is 0.691. The lowest BCUT2D eigenvalue weighted by Crippen LogP contribution is -2.60.